The van der Waals surface area contributed by atoms with Crippen LogP contribution in [0.4, 0.5) is 11.6 Å². The van der Waals surface area contributed by atoms with Crippen molar-refractivity contribution >= 4 is 35.0 Å². The fraction of sp³-hybridized carbons (Fsp3) is 0.267. The number of carbonyl (C=O) groups is 2. The minimum absolute atomic E-state index is 0.0494. The molecular formula is C15H17ClN4O3. The Morgan fingerprint density at radius 1 is 1.17 bits per heavy atom. The molecule has 0 saturated carbocycles. The lowest BCUT2D eigenvalue weighted by molar-refractivity contribution is -0.119. The van der Waals surface area contributed by atoms with Gasteiger partial charge in [0.2, 0.25) is 17.7 Å². The fourth-order valence-corrected chi connectivity index (χ4v) is 2.01. The molecule has 122 valence electrons. The first-order valence-electron chi connectivity index (χ1n) is 6.89. The number of aromatic nitrogens is 1. The lowest BCUT2D eigenvalue weighted by Crippen LogP contribution is -2.36. The number of carbonyl (C=O) groups excluding carboxylic acids is 2. The molecule has 0 atom stereocenters. The van der Waals surface area contributed by atoms with E-state index in [2.05, 4.69) is 15.8 Å². The molecule has 0 aliphatic carbocycles. The molecule has 0 bridgehead atoms. The smallest absolute Gasteiger partial charge is 0.240 e. The zero-order valence-corrected chi connectivity index (χ0v) is 13.6. The van der Waals surface area contributed by atoms with Crippen LogP contribution in [0.2, 0.25) is 5.02 Å². The minimum atomic E-state index is -0.289. The number of aryl methyl sites for hydroxylation is 1. The molecule has 0 radical (unpaired) electrons. The van der Waals surface area contributed by atoms with E-state index in [1.807, 2.05) is 0 Å². The zero-order valence-electron chi connectivity index (χ0n) is 12.8. The minimum Gasteiger partial charge on any atom is -0.338 e. The van der Waals surface area contributed by atoms with Gasteiger partial charge in [0.25, 0.3) is 0 Å². The van der Waals surface area contributed by atoms with Crippen LogP contribution >= 0.6 is 11.6 Å². The van der Waals surface area contributed by atoms with Crippen LogP contribution in [0.1, 0.15) is 5.69 Å². The van der Waals surface area contributed by atoms with E-state index in [1.165, 1.54) is 0 Å². The molecule has 8 heteroatoms. The first kappa shape index (κ1) is 17.0. The highest BCUT2D eigenvalue weighted by Gasteiger charge is 2.12. The molecule has 7 nitrogen and oxygen atoms in total. The van der Waals surface area contributed by atoms with Gasteiger partial charge < -0.3 is 9.84 Å². The van der Waals surface area contributed by atoms with E-state index in [9.17, 15) is 9.59 Å². The molecule has 0 spiro atoms. The molecule has 2 amide bonds. The monoisotopic (exact) mass is 336 g/mol. The van der Waals surface area contributed by atoms with Gasteiger partial charge in [-0.1, -0.05) is 16.8 Å². The summed E-state index contributed by atoms with van der Waals surface area (Å²) in [6.45, 7) is 1.88. The summed E-state index contributed by atoms with van der Waals surface area (Å²) >= 11 is 5.78. The second-order valence-electron chi connectivity index (χ2n) is 5.11. The Kier molecular flexibility index (Phi) is 5.72. The third kappa shape index (κ3) is 5.72. The van der Waals surface area contributed by atoms with E-state index in [0.717, 1.165) is 0 Å². The van der Waals surface area contributed by atoms with Gasteiger partial charge in [0.15, 0.2) is 0 Å². The Balaban J connectivity index is 1.77. The number of halogens is 1. The van der Waals surface area contributed by atoms with Crippen molar-refractivity contribution in [3.63, 3.8) is 0 Å². The number of hydrogen-bond donors (Lipinski definition) is 2. The molecule has 2 aromatic rings. The predicted molar refractivity (Wildman–Crippen MR) is 87.4 cm³/mol. The number of rotatable bonds is 6. The third-order valence-corrected chi connectivity index (χ3v) is 3.10. The first-order chi connectivity index (χ1) is 10.9. The van der Waals surface area contributed by atoms with E-state index >= 15 is 0 Å². The Bertz CT molecular complexity index is 684. The van der Waals surface area contributed by atoms with Crippen LogP contribution in [0.5, 0.6) is 0 Å². The number of likely N-dealkylation sites (N-methyl/N-ethyl adjacent to an activating group) is 1. The predicted octanol–water partition coefficient (Wildman–Crippen LogP) is 2.15. The summed E-state index contributed by atoms with van der Waals surface area (Å²) in [5.41, 5.74) is 1.32. The van der Waals surface area contributed by atoms with Gasteiger partial charge in [-0.3, -0.25) is 19.8 Å². The van der Waals surface area contributed by atoms with Crippen molar-refractivity contribution in [1.29, 1.82) is 0 Å². The number of amides is 2. The number of nitrogens with zero attached hydrogens (tertiary/aromatic N) is 2. The first-order valence-corrected chi connectivity index (χ1v) is 7.27. The number of hydrogen-bond acceptors (Lipinski definition) is 5. The van der Waals surface area contributed by atoms with Crippen molar-refractivity contribution in [3.8, 4) is 0 Å². The van der Waals surface area contributed by atoms with Gasteiger partial charge in [-0.05, 0) is 38.2 Å². The van der Waals surface area contributed by atoms with Gasteiger partial charge in [0, 0.05) is 16.8 Å². The highest BCUT2D eigenvalue weighted by molar-refractivity contribution is 6.30. The van der Waals surface area contributed by atoms with Crippen molar-refractivity contribution in [1.82, 2.24) is 10.1 Å². The Morgan fingerprint density at radius 3 is 2.35 bits per heavy atom. The molecule has 0 fully saturated rings. The Labute approximate surface area is 138 Å². The molecular weight excluding hydrogens is 320 g/mol. The van der Waals surface area contributed by atoms with Gasteiger partial charge in [0.1, 0.15) is 0 Å². The Morgan fingerprint density at radius 2 is 1.78 bits per heavy atom. The second kappa shape index (κ2) is 7.75. The van der Waals surface area contributed by atoms with E-state index in [0.29, 0.717) is 16.4 Å². The molecule has 2 N–H and O–H groups in total. The van der Waals surface area contributed by atoms with E-state index < -0.39 is 0 Å². The van der Waals surface area contributed by atoms with Crippen molar-refractivity contribution in [2.75, 3.05) is 30.8 Å². The summed E-state index contributed by atoms with van der Waals surface area (Å²) in [5, 5.41) is 9.56. The van der Waals surface area contributed by atoms with Crippen LogP contribution in [0.15, 0.2) is 34.9 Å². The van der Waals surface area contributed by atoms with Gasteiger partial charge in [-0.15, -0.1) is 0 Å². The number of anilines is 2. The summed E-state index contributed by atoms with van der Waals surface area (Å²) in [7, 11) is 1.67. The van der Waals surface area contributed by atoms with Crippen molar-refractivity contribution < 1.29 is 14.1 Å². The van der Waals surface area contributed by atoms with Gasteiger partial charge in [0.05, 0.1) is 18.8 Å². The molecule has 1 aromatic carbocycles. The van der Waals surface area contributed by atoms with E-state index in [-0.39, 0.29) is 30.8 Å². The molecule has 0 unspecified atom stereocenters. The van der Waals surface area contributed by atoms with Crippen LogP contribution in [0, 0.1) is 6.92 Å². The van der Waals surface area contributed by atoms with Gasteiger partial charge in [-0.2, -0.15) is 0 Å². The average molecular weight is 337 g/mol. The lowest BCUT2D eigenvalue weighted by atomic mass is 10.3. The maximum absolute atomic E-state index is 11.9. The normalized spacial score (nSPS) is 10.6. The number of nitrogens with one attached hydrogen (secondary N) is 2. The summed E-state index contributed by atoms with van der Waals surface area (Å²) in [5.74, 6) is -0.229. The summed E-state index contributed by atoms with van der Waals surface area (Å²) in [6, 6.07) is 8.41. The quantitative estimate of drug-likeness (QED) is 0.844. The largest absolute Gasteiger partial charge is 0.338 e. The second-order valence-corrected chi connectivity index (χ2v) is 5.54. The Hall–Kier alpha value is -2.38. The maximum atomic E-state index is 11.9. The zero-order chi connectivity index (χ0) is 16.8. The highest BCUT2D eigenvalue weighted by atomic mass is 35.5. The van der Waals surface area contributed by atoms with Crippen LogP contribution in [0.3, 0.4) is 0 Å². The molecule has 0 aliphatic rings. The standard InChI is InChI=1S/C15H17ClN4O3/c1-10-7-15(23-19-10)18-14(22)9-20(2)8-13(21)17-12-5-3-11(16)4-6-12/h3-7H,8-9H2,1-2H3,(H,17,21)(H,18,22). The fourth-order valence-electron chi connectivity index (χ4n) is 1.88. The van der Waals surface area contributed by atoms with Crippen LogP contribution < -0.4 is 10.6 Å². The summed E-state index contributed by atoms with van der Waals surface area (Å²) < 4.78 is 4.90. The van der Waals surface area contributed by atoms with Gasteiger partial charge in [-0.25, -0.2) is 0 Å². The molecule has 1 heterocycles. The lowest BCUT2D eigenvalue weighted by Gasteiger charge is -2.15. The van der Waals surface area contributed by atoms with Crippen LogP contribution in [-0.4, -0.2) is 42.0 Å². The van der Waals surface area contributed by atoms with E-state index in [4.69, 9.17) is 16.1 Å². The van der Waals surface area contributed by atoms with Gasteiger partial charge >= 0.3 is 0 Å². The van der Waals surface area contributed by atoms with Crippen LogP contribution in [-0.2, 0) is 9.59 Å². The summed E-state index contributed by atoms with van der Waals surface area (Å²) in [4.78, 5) is 25.3. The summed E-state index contributed by atoms with van der Waals surface area (Å²) in [6.07, 6.45) is 0. The number of benzene rings is 1. The maximum Gasteiger partial charge on any atom is 0.240 e. The van der Waals surface area contributed by atoms with E-state index in [1.54, 1.807) is 49.2 Å². The van der Waals surface area contributed by atoms with Crippen LogP contribution in [0.25, 0.3) is 0 Å². The van der Waals surface area contributed by atoms with Crippen molar-refractivity contribution in [2.45, 2.75) is 6.92 Å². The molecule has 1 aromatic heterocycles. The SMILES string of the molecule is Cc1cc(NC(=O)CN(C)CC(=O)Nc2ccc(Cl)cc2)on1. The van der Waals surface area contributed by atoms with Crippen molar-refractivity contribution in [3.05, 3.63) is 41.0 Å². The molecule has 2 rings (SSSR count). The topological polar surface area (TPSA) is 87.5 Å². The highest BCUT2D eigenvalue weighted by Crippen LogP contribution is 2.13. The molecule has 23 heavy (non-hydrogen) atoms. The average Bonchev–Trinajstić information content (AvgIpc) is 2.86. The third-order valence-electron chi connectivity index (χ3n) is 2.85. The molecule has 0 saturated heterocycles. The molecule has 0 aliphatic heterocycles. The van der Waals surface area contributed by atoms with Crippen molar-refractivity contribution in [2.24, 2.45) is 0 Å².